The summed E-state index contributed by atoms with van der Waals surface area (Å²) in [5.74, 6) is 0.437. The van der Waals surface area contributed by atoms with Crippen molar-refractivity contribution in [1.82, 2.24) is 0 Å². The Balaban J connectivity index is 1.44. The Kier molecular flexibility index (Phi) is 8.18. The molecule has 0 spiro atoms. The van der Waals surface area contributed by atoms with Crippen molar-refractivity contribution >= 4 is 11.6 Å². The summed E-state index contributed by atoms with van der Waals surface area (Å²) in [6.07, 6.45) is 8.88. The van der Waals surface area contributed by atoms with E-state index in [0.717, 1.165) is 5.02 Å². The van der Waals surface area contributed by atoms with Gasteiger partial charge in [0, 0.05) is 10.9 Å². The normalized spacial score (nSPS) is 12.1. The van der Waals surface area contributed by atoms with Crippen LogP contribution >= 0.6 is 11.6 Å². The summed E-state index contributed by atoms with van der Waals surface area (Å²) >= 11 is 6.25. The van der Waals surface area contributed by atoms with Crippen LogP contribution < -0.4 is 0 Å². The highest BCUT2D eigenvalue weighted by molar-refractivity contribution is 6.30. The van der Waals surface area contributed by atoms with E-state index in [1.165, 1.54) is 67.2 Å². The predicted molar refractivity (Wildman–Crippen MR) is 122 cm³/mol. The van der Waals surface area contributed by atoms with Crippen LogP contribution in [-0.4, -0.2) is 0 Å². The third-order valence-corrected chi connectivity index (χ3v) is 5.77. The second kappa shape index (κ2) is 11.1. The van der Waals surface area contributed by atoms with Crippen LogP contribution in [0.1, 0.15) is 66.7 Å². The van der Waals surface area contributed by atoms with Gasteiger partial charge in [-0.15, -0.1) is 0 Å². The molecule has 0 fully saturated rings. The molecule has 146 valence electrons. The predicted octanol–water partition coefficient (Wildman–Crippen LogP) is 8.36. The maximum atomic E-state index is 6.25. The van der Waals surface area contributed by atoms with Crippen molar-refractivity contribution in [2.75, 3.05) is 0 Å². The highest BCUT2D eigenvalue weighted by atomic mass is 35.5. The molecule has 0 bridgehead atoms. The van der Waals surface area contributed by atoms with Gasteiger partial charge in [-0.3, -0.25) is 0 Å². The summed E-state index contributed by atoms with van der Waals surface area (Å²) < 4.78 is 0. The van der Waals surface area contributed by atoms with Crippen LogP contribution in [0, 0.1) is 6.92 Å². The molecule has 1 heteroatoms. The van der Waals surface area contributed by atoms with Crippen molar-refractivity contribution in [2.24, 2.45) is 0 Å². The molecule has 0 heterocycles. The molecule has 0 saturated heterocycles. The van der Waals surface area contributed by atoms with E-state index in [9.17, 15) is 0 Å². The van der Waals surface area contributed by atoms with Crippen molar-refractivity contribution in [3.8, 4) is 0 Å². The molecule has 28 heavy (non-hydrogen) atoms. The minimum absolute atomic E-state index is 0.437. The van der Waals surface area contributed by atoms with E-state index in [1.54, 1.807) is 0 Å². The standard InChI is InChI=1S/C27H31Cl/c1-22-17-19-23(20-18-22)11-6-3-2-4-9-16-27(24-12-7-5-8-13-24)25-14-10-15-26(28)21-25/h5,7-8,10,12-15,17-21,27H,2-4,6,9,11,16H2,1H3. The third-order valence-electron chi connectivity index (χ3n) is 5.53. The molecule has 1 unspecified atom stereocenters. The number of hydrogen-bond acceptors (Lipinski definition) is 0. The zero-order chi connectivity index (χ0) is 19.6. The van der Waals surface area contributed by atoms with Gasteiger partial charge in [-0.2, -0.15) is 0 Å². The summed E-state index contributed by atoms with van der Waals surface area (Å²) in [7, 11) is 0. The first-order valence-electron chi connectivity index (χ1n) is 10.6. The lowest BCUT2D eigenvalue weighted by Gasteiger charge is -2.18. The molecule has 0 aromatic heterocycles. The second-order valence-electron chi connectivity index (χ2n) is 7.81. The highest BCUT2D eigenvalue weighted by Crippen LogP contribution is 2.31. The topological polar surface area (TPSA) is 0 Å². The zero-order valence-electron chi connectivity index (χ0n) is 16.9. The summed E-state index contributed by atoms with van der Waals surface area (Å²) in [4.78, 5) is 0. The van der Waals surface area contributed by atoms with Crippen LogP contribution in [0.15, 0.2) is 78.9 Å². The van der Waals surface area contributed by atoms with Crippen LogP contribution in [0.3, 0.4) is 0 Å². The quantitative estimate of drug-likeness (QED) is 0.305. The molecule has 0 saturated carbocycles. The first kappa shape index (κ1) is 20.7. The molecular formula is C27H31Cl. The van der Waals surface area contributed by atoms with E-state index in [2.05, 4.69) is 79.7 Å². The molecular weight excluding hydrogens is 360 g/mol. The van der Waals surface area contributed by atoms with E-state index < -0.39 is 0 Å². The van der Waals surface area contributed by atoms with E-state index >= 15 is 0 Å². The fraction of sp³-hybridized carbons (Fsp3) is 0.333. The SMILES string of the molecule is Cc1ccc(CCCCCCCC(c2ccccc2)c2cccc(Cl)c2)cc1. The Morgan fingerprint density at radius 2 is 1.36 bits per heavy atom. The van der Waals surface area contributed by atoms with Gasteiger partial charge >= 0.3 is 0 Å². The number of halogens is 1. The number of rotatable bonds is 10. The monoisotopic (exact) mass is 390 g/mol. The summed E-state index contributed by atoms with van der Waals surface area (Å²) in [6.45, 7) is 2.15. The number of hydrogen-bond donors (Lipinski definition) is 0. The van der Waals surface area contributed by atoms with Gasteiger partial charge in [0.1, 0.15) is 0 Å². The maximum Gasteiger partial charge on any atom is 0.0408 e. The third kappa shape index (κ3) is 6.53. The summed E-state index contributed by atoms with van der Waals surface area (Å²) in [6, 6.07) is 28.2. The fourth-order valence-corrected chi connectivity index (χ4v) is 4.10. The van der Waals surface area contributed by atoms with E-state index in [-0.39, 0.29) is 0 Å². The Morgan fingerprint density at radius 3 is 2.11 bits per heavy atom. The Bertz CT molecular complexity index is 820. The van der Waals surface area contributed by atoms with Crippen LogP contribution in [0.25, 0.3) is 0 Å². The molecule has 3 aromatic rings. The lowest BCUT2D eigenvalue weighted by Crippen LogP contribution is -2.01. The van der Waals surface area contributed by atoms with Gasteiger partial charge in [-0.05, 0) is 55.0 Å². The summed E-state index contributed by atoms with van der Waals surface area (Å²) in [5.41, 5.74) is 5.54. The number of benzene rings is 3. The molecule has 0 aliphatic heterocycles. The number of aryl methyl sites for hydroxylation is 2. The van der Waals surface area contributed by atoms with Crippen molar-refractivity contribution in [3.05, 3.63) is 106 Å². The van der Waals surface area contributed by atoms with Crippen LogP contribution in [0.2, 0.25) is 5.02 Å². The van der Waals surface area contributed by atoms with Gasteiger partial charge in [0.25, 0.3) is 0 Å². The molecule has 0 amide bonds. The van der Waals surface area contributed by atoms with E-state index in [0.29, 0.717) is 5.92 Å². The molecule has 1 atom stereocenters. The highest BCUT2D eigenvalue weighted by Gasteiger charge is 2.14. The molecule has 0 N–H and O–H groups in total. The molecule has 0 aliphatic rings. The number of unbranched alkanes of at least 4 members (excludes halogenated alkanes) is 4. The Morgan fingerprint density at radius 1 is 0.679 bits per heavy atom. The van der Waals surface area contributed by atoms with Crippen LogP contribution in [0.4, 0.5) is 0 Å². The first-order chi connectivity index (χ1) is 13.7. The van der Waals surface area contributed by atoms with Crippen LogP contribution in [0.5, 0.6) is 0 Å². The summed E-state index contributed by atoms with van der Waals surface area (Å²) in [5, 5.41) is 0.828. The second-order valence-corrected chi connectivity index (χ2v) is 8.25. The molecule has 0 aliphatic carbocycles. The minimum Gasteiger partial charge on any atom is -0.0843 e. The molecule has 3 rings (SSSR count). The lowest BCUT2D eigenvalue weighted by molar-refractivity contribution is 0.571. The van der Waals surface area contributed by atoms with Crippen molar-refractivity contribution in [1.29, 1.82) is 0 Å². The molecule has 3 aromatic carbocycles. The van der Waals surface area contributed by atoms with Gasteiger partial charge in [-0.1, -0.05) is 110 Å². The first-order valence-corrected chi connectivity index (χ1v) is 11.0. The fourth-order valence-electron chi connectivity index (χ4n) is 3.90. The zero-order valence-corrected chi connectivity index (χ0v) is 17.7. The lowest BCUT2D eigenvalue weighted by atomic mass is 9.87. The van der Waals surface area contributed by atoms with Crippen LogP contribution in [-0.2, 0) is 6.42 Å². The van der Waals surface area contributed by atoms with Gasteiger partial charge < -0.3 is 0 Å². The van der Waals surface area contributed by atoms with Gasteiger partial charge in [0.2, 0.25) is 0 Å². The Labute approximate surface area is 175 Å². The molecule has 0 radical (unpaired) electrons. The molecule has 0 nitrogen and oxygen atoms in total. The smallest absolute Gasteiger partial charge is 0.0408 e. The average Bonchev–Trinajstić information content (AvgIpc) is 2.72. The van der Waals surface area contributed by atoms with Gasteiger partial charge in [0.15, 0.2) is 0 Å². The Hall–Kier alpha value is -2.05. The van der Waals surface area contributed by atoms with Crippen molar-refractivity contribution in [2.45, 2.75) is 57.8 Å². The minimum atomic E-state index is 0.437. The van der Waals surface area contributed by atoms with Gasteiger partial charge in [0.05, 0.1) is 0 Å². The van der Waals surface area contributed by atoms with Gasteiger partial charge in [-0.25, -0.2) is 0 Å². The van der Waals surface area contributed by atoms with Crippen molar-refractivity contribution < 1.29 is 0 Å². The largest absolute Gasteiger partial charge is 0.0843 e. The van der Waals surface area contributed by atoms with Crippen molar-refractivity contribution in [3.63, 3.8) is 0 Å². The maximum absolute atomic E-state index is 6.25. The van der Waals surface area contributed by atoms with E-state index in [1.807, 2.05) is 6.07 Å². The van der Waals surface area contributed by atoms with E-state index in [4.69, 9.17) is 11.6 Å². The average molecular weight is 391 g/mol.